The fourth-order valence-corrected chi connectivity index (χ4v) is 7.59. The maximum Gasteiger partial charge on any atom is 0.410 e. The molecule has 5 heterocycles. The van der Waals surface area contributed by atoms with Crippen molar-refractivity contribution in [3.63, 3.8) is 0 Å². The molecule has 1 aromatic carbocycles. The number of carbonyl (C=O) groups is 2. The van der Waals surface area contributed by atoms with Crippen LogP contribution in [-0.4, -0.2) is 90.1 Å². The summed E-state index contributed by atoms with van der Waals surface area (Å²) >= 11 is 0. The first-order valence-corrected chi connectivity index (χ1v) is 14.3. The van der Waals surface area contributed by atoms with Gasteiger partial charge in [-0.15, -0.1) is 0 Å². The predicted octanol–water partition coefficient (Wildman–Crippen LogP) is 4.30. The number of likely N-dealkylation sites (tertiary alicyclic amines) is 1. The lowest BCUT2D eigenvalue weighted by Crippen LogP contribution is -2.58. The van der Waals surface area contributed by atoms with Crippen molar-refractivity contribution in [2.24, 2.45) is 0 Å². The molecule has 0 saturated carbocycles. The van der Waals surface area contributed by atoms with Crippen molar-refractivity contribution < 1.29 is 23.8 Å². The van der Waals surface area contributed by atoms with E-state index in [0.717, 1.165) is 64.6 Å². The van der Waals surface area contributed by atoms with Gasteiger partial charge in [-0.2, -0.15) is 0 Å². The molecule has 0 aromatic heterocycles. The third kappa shape index (κ3) is 4.83. The zero-order chi connectivity index (χ0) is 25.6. The van der Waals surface area contributed by atoms with Crippen molar-refractivity contribution in [1.29, 1.82) is 0 Å². The highest BCUT2D eigenvalue weighted by Crippen LogP contribution is 2.44. The van der Waals surface area contributed by atoms with Crippen LogP contribution in [0, 0.1) is 0 Å². The average molecular weight is 512 g/mol. The maximum absolute atomic E-state index is 13.0. The minimum Gasteiger partial charge on any atom is -0.447 e. The molecule has 0 aliphatic carbocycles. The zero-order valence-electron chi connectivity index (χ0n) is 22.3. The van der Waals surface area contributed by atoms with E-state index in [1.165, 1.54) is 11.1 Å². The summed E-state index contributed by atoms with van der Waals surface area (Å²) in [5, 5.41) is 0. The van der Waals surface area contributed by atoms with Gasteiger partial charge in [0.25, 0.3) is 0 Å². The van der Waals surface area contributed by atoms with Crippen LogP contribution in [0.3, 0.4) is 0 Å². The Morgan fingerprint density at radius 1 is 1.00 bits per heavy atom. The lowest BCUT2D eigenvalue weighted by atomic mass is 9.68. The predicted molar refractivity (Wildman–Crippen MR) is 138 cm³/mol. The highest BCUT2D eigenvalue weighted by Gasteiger charge is 2.49. The fourth-order valence-electron chi connectivity index (χ4n) is 7.59. The normalized spacial score (nSPS) is 31.0. The van der Waals surface area contributed by atoms with Crippen LogP contribution in [0.5, 0.6) is 0 Å². The highest BCUT2D eigenvalue weighted by atomic mass is 16.6. The summed E-state index contributed by atoms with van der Waals surface area (Å²) in [5.74, 6) is 0. The molecule has 8 nitrogen and oxygen atoms in total. The number of carbonyl (C=O) groups excluding carboxylic acids is 2. The van der Waals surface area contributed by atoms with Crippen molar-refractivity contribution in [3.05, 3.63) is 35.4 Å². The first kappa shape index (κ1) is 25.0. The Hall–Kier alpha value is -2.32. The molecule has 37 heavy (non-hydrogen) atoms. The van der Waals surface area contributed by atoms with Crippen LogP contribution in [0.15, 0.2) is 24.3 Å². The Labute approximate surface area is 220 Å². The molecule has 5 aliphatic heterocycles. The minimum absolute atomic E-state index is 0.0197. The number of ether oxygens (including phenoxy) is 3. The standard InChI is InChI=1S/C29H41N3O5/c1-20(2)36-27(33)31-17-21-5-3-4-6-26(21)29(19-31)10-12-30(13-11-29)24-15-22-7-8-23(16-24)32(22)28(34)37-25-9-14-35-18-25/h3-6,20,22-25H,7-19H2,1-2H3/t22?,23?,24?,25-/m1/s1. The Morgan fingerprint density at radius 2 is 1.73 bits per heavy atom. The van der Waals surface area contributed by atoms with E-state index in [-0.39, 0.29) is 41.9 Å². The molecule has 2 bridgehead atoms. The average Bonchev–Trinajstić information content (AvgIpc) is 3.49. The fraction of sp³-hybridized carbons (Fsp3) is 0.724. The third-order valence-electron chi connectivity index (χ3n) is 9.38. The van der Waals surface area contributed by atoms with E-state index in [1.54, 1.807) is 0 Å². The van der Waals surface area contributed by atoms with Crippen LogP contribution < -0.4 is 0 Å². The van der Waals surface area contributed by atoms with E-state index in [4.69, 9.17) is 14.2 Å². The molecule has 3 atom stereocenters. The second kappa shape index (κ2) is 10.1. The van der Waals surface area contributed by atoms with Gasteiger partial charge in [-0.25, -0.2) is 9.59 Å². The number of piperidine rings is 2. The molecule has 8 heteroatoms. The van der Waals surface area contributed by atoms with E-state index < -0.39 is 0 Å². The quantitative estimate of drug-likeness (QED) is 0.603. The van der Waals surface area contributed by atoms with Gasteiger partial charge >= 0.3 is 12.2 Å². The van der Waals surface area contributed by atoms with Gasteiger partial charge in [0.05, 0.1) is 19.3 Å². The number of hydrogen-bond acceptors (Lipinski definition) is 6. The highest BCUT2D eigenvalue weighted by molar-refractivity contribution is 5.70. The second-order valence-corrected chi connectivity index (χ2v) is 12.0. The van der Waals surface area contributed by atoms with E-state index >= 15 is 0 Å². The van der Waals surface area contributed by atoms with Gasteiger partial charge < -0.3 is 28.9 Å². The number of hydrogen-bond donors (Lipinski definition) is 0. The first-order valence-electron chi connectivity index (χ1n) is 14.3. The summed E-state index contributed by atoms with van der Waals surface area (Å²) in [4.78, 5) is 32.5. The van der Waals surface area contributed by atoms with Crippen molar-refractivity contribution in [3.8, 4) is 0 Å². The number of rotatable bonds is 3. The van der Waals surface area contributed by atoms with Crippen LogP contribution >= 0.6 is 0 Å². The minimum atomic E-state index is -0.202. The number of amides is 2. The monoisotopic (exact) mass is 511 g/mol. The molecular weight excluding hydrogens is 470 g/mol. The van der Waals surface area contributed by atoms with Crippen molar-refractivity contribution in [2.45, 2.75) is 101 Å². The van der Waals surface area contributed by atoms with Crippen LogP contribution in [0.25, 0.3) is 0 Å². The van der Waals surface area contributed by atoms with Crippen molar-refractivity contribution >= 4 is 12.2 Å². The topological polar surface area (TPSA) is 71.6 Å². The Bertz CT molecular complexity index is 987. The van der Waals surface area contributed by atoms with E-state index in [0.29, 0.717) is 25.8 Å². The van der Waals surface area contributed by atoms with Gasteiger partial charge in [-0.1, -0.05) is 24.3 Å². The van der Waals surface area contributed by atoms with E-state index in [1.807, 2.05) is 18.7 Å². The third-order valence-corrected chi connectivity index (χ3v) is 9.38. The van der Waals surface area contributed by atoms with Crippen LogP contribution in [0.1, 0.15) is 69.9 Å². The largest absolute Gasteiger partial charge is 0.447 e. The lowest BCUT2D eigenvalue weighted by molar-refractivity contribution is 0.00393. The summed E-state index contributed by atoms with van der Waals surface area (Å²) in [7, 11) is 0. The number of fused-ring (bicyclic) bond motifs is 4. The SMILES string of the molecule is CC(C)OC(=O)N1Cc2ccccc2C2(CCN(C3CC4CCC(C3)N4C(=O)O[C@@H]3CCOC3)CC2)C1. The Balaban J connectivity index is 1.11. The van der Waals surface area contributed by atoms with Crippen molar-refractivity contribution in [2.75, 3.05) is 32.8 Å². The second-order valence-electron chi connectivity index (χ2n) is 12.0. The first-order chi connectivity index (χ1) is 17.9. The Morgan fingerprint density at radius 3 is 2.41 bits per heavy atom. The zero-order valence-corrected chi connectivity index (χ0v) is 22.3. The molecule has 202 valence electrons. The van der Waals surface area contributed by atoms with Gasteiger partial charge in [-0.3, -0.25) is 0 Å². The molecule has 1 aromatic rings. The van der Waals surface area contributed by atoms with Gasteiger partial charge in [0.15, 0.2) is 0 Å². The van der Waals surface area contributed by atoms with Crippen LogP contribution in [-0.2, 0) is 26.2 Å². The summed E-state index contributed by atoms with van der Waals surface area (Å²) in [5.41, 5.74) is 2.64. The van der Waals surface area contributed by atoms with Crippen molar-refractivity contribution in [1.82, 2.24) is 14.7 Å². The molecule has 2 unspecified atom stereocenters. The number of nitrogens with zero attached hydrogens (tertiary/aromatic N) is 3. The molecule has 0 N–H and O–H groups in total. The maximum atomic E-state index is 13.0. The summed E-state index contributed by atoms with van der Waals surface area (Å²) in [6, 6.07) is 9.73. The Kier molecular flexibility index (Phi) is 6.82. The molecule has 6 rings (SSSR count). The molecule has 5 aliphatic rings. The summed E-state index contributed by atoms with van der Waals surface area (Å²) in [6.07, 6.45) is 6.56. The lowest BCUT2D eigenvalue weighted by Gasteiger charge is -2.51. The molecule has 0 radical (unpaired) electrons. The smallest absolute Gasteiger partial charge is 0.410 e. The van der Waals surface area contributed by atoms with Gasteiger partial charge in [0.2, 0.25) is 0 Å². The molecular formula is C29H41N3O5. The number of benzene rings is 1. The van der Waals surface area contributed by atoms with Gasteiger partial charge in [-0.05, 0) is 76.6 Å². The van der Waals surface area contributed by atoms with Gasteiger partial charge in [0.1, 0.15) is 6.10 Å². The van der Waals surface area contributed by atoms with E-state index in [2.05, 4.69) is 34.1 Å². The summed E-state index contributed by atoms with van der Waals surface area (Å²) < 4.78 is 16.7. The van der Waals surface area contributed by atoms with Crippen LogP contribution in [0.4, 0.5) is 9.59 Å². The molecule has 4 saturated heterocycles. The summed E-state index contributed by atoms with van der Waals surface area (Å²) in [6.45, 7) is 8.43. The molecule has 2 amide bonds. The van der Waals surface area contributed by atoms with E-state index in [9.17, 15) is 9.59 Å². The van der Waals surface area contributed by atoms with Crippen LogP contribution in [0.2, 0.25) is 0 Å². The molecule has 1 spiro atoms. The molecule has 4 fully saturated rings. The van der Waals surface area contributed by atoms with Gasteiger partial charge in [0, 0.05) is 43.1 Å².